The average molecular weight is 327 g/mol. The normalized spacial score (nSPS) is 21.0. The number of rotatable bonds is 5. The van der Waals surface area contributed by atoms with Crippen molar-refractivity contribution in [1.82, 2.24) is 0 Å². The molecule has 3 N–H and O–H groups in total. The van der Waals surface area contributed by atoms with Crippen molar-refractivity contribution in [2.24, 2.45) is 5.73 Å². The standard InChI is InChI=1S/C16H23ClN2OS/c1-3-16(4-2)10-12(7-8-20-16)19-14-6-5-11(15(18)21)9-13(14)17/h5-6,9,12,19H,3-4,7-8,10H2,1-2H3,(H2,18,21). The molecule has 0 saturated carbocycles. The molecular weight excluding hydrogens is 304 g/mol. The highest BCUT2D eigenvalue weighted by atomic mass is 35.5. The number of ether oxygens (including phenoxy) is 1. The first kappa shape index (κ1) is 16.5. The van der Waals surface area contributed by atoms with Crippen LogP contribution in [-0.2, 0) is 4.74 Å². The minimum atomic E-state index is 0.00115. The molecule has 1 heterocycles. The molecule has 5 heteroatoms. The molecule has 0 radical (unpaired) electrons. The molecule has 116 valence electrons. The summed E-state index contributed by atoms with van der Waals surface area (Å²) in [4.78, 5) is 0.366. The lowest BCUT2D eigenvalue weighted by Crippen LogP contribution is -2.43. The van der Waals surface area contributed by atoms with Gasteiger partial charge < -0.3 is 15.8 Å². The number of benzene rings is 1. The zero-order valence-corrected chi connectivity index (χ0v) is 14.2. The van der Waals surface area contributed by atoms with Crippen molar-refractivity contribution in [3.63, 3.8) is 0 Å². The van der Waals surface area contributed by atoms with Gasteiger partial charge in [-0.15, -0.1) is 0 Å². The first-order chi connectivity index (χ1) is 9.99. The molecule has 1 aliphatic rings. The Morgan fingerprint density at radius 1 is 1.48 bits per heavy atom. The molecule has 1 saturated heterocycles. The summed E-state index contributed by atoms with van der Waals surface area (Å²) in [5.41, 5.74) is 7.36. The Bertz CT molecular complexity index is 517. The number of hydrogen-bond acceptors (Lipinski definition) is 3. The second-order valence-electron chi connectivity index (χ2n) is 5.63. The van der Waals surface area contributed by atoms with Crippen molar-refractivity contribution in [3.8, 4) is 0 Å². The van der Waals surface area contributed by atoms with Crippen LogP contribution in [0.15, 0.2) is 18.2 Å². The number of thiocarbonyl (C=S) groups is 1. The van der Waals surface area contributed by atoms with Crippen LogP contribution in [0.2, 0.25) is 5.02 Å². The van der Waals surface area contributed by atoms with Crippen LogP contribution in [0.25, 0.3) is 0 Å². The van der Waals surface area contributed by atoms with Gasteiger partial charge in [0.25, 0.3) is 0 Å². The highest BCUT2D eigenvalue weighted by Crippen LogP contribution is 2.34. The minimum absolute atomic E-state index is 0.00115. The van der Waals surface area contributed by atoms with Gasteiger partial charge in [0.2, 0.25) is 0 Å². The van der Waals surface area contributed by atoms with E-state index in [4.69, 9.17) is 34.3 Å². The van der Waals surface area contributed by atoms with Crippen LogP contribution in [0.5, 0.6) is 0 Å². The molecule has 1 unspecified atom stereocenters. The van der Waals surface area contributed by atoms with Crippen molar-refractivity contribution in [3.05, 3.63) is 28.8 Å². The Balaban J connectivity index is 2.09. The van der Waals surface area contributed by atoms with Gasteiger partial charge in [0.15, 0.2) is 0 Å². The molecule has 1 aromatic rings. The fourth-order valence-electron chi connectivity index (χ4n) is 2.90. The second kappa shape index (κ2) is 6.95. The lowest BCUT2D eigenvalue weighted by Gasteiger charge is -2.40. The van der Waals surface area contributed by atoms with Crippen molar-refractivity contribution >= 4 is 34.5 Å². The third-order valence-corrected chi connectivity index (χ3v) is 4.94. The van der Waals surface area contributed by atoms with Gasteiger partial charge in [-0.1, -0.05) is 37.7 Å². The van der Waals surface area contributed by atoms with Crippen LogP contribution in [-0.4, -0.2) is 23.2 Å². The van der Waals surface area contributed by atoms with Gasteiger partial charge >= 0.3 is 0 Å². The molecule has 21 heavy (non-hydrogen) atoms. The number of nitrogens with two attached hydrogens (primary N) is 1. The van der Waals surface area contributed by atoms with E-state index in [2.05, 4.69) is 19.2 Å². The summed E-state index contributed by atoms with van der Waals surface area (Å²) in [5, 5.41) is 4.20. The van der Waals surface area contributed by atoms with Crippen LogP contribution in [0.3, 0.4) is 0 Å². The van der Waals surface area contributed by atoms with Crippen LogP contribution in [0.4, 0.5) is 5.69 Å². The van der Waals surface area contributed by atoms with Gasteiger partial charge in [-0.2, -0.15) is 0 Å². The van der Waals surface area contributed by atoms with Gasteiger partial charge in [0, 0.05) is 18.2 Å². The fourth-order valence-corrected chi connectivity index (χ4v) is 3.26. The highest BCUT2D eigenvalue weighted by molar-refractivity contribution is 7.80. The van der Waals surface area contributed by atoms with Gasteiger partial charge in [0.05, 0.1) is 16.3 Å². The van der Waals surface area contributed by atoms with E-state index in [0.717, 1.165) is 43.5 Å². The monoisotopic (exact) mass is 326 g/mol. The summed E-state index contributed by atoms with van der Waals surface area (Å²) in [6.07, 6.45) is 4.08. The molecule has 1 atom stereocenters. The van der Waals surface area contributed by atoms with Gasteiger partial charge in [-0.05, 0) is 43.9 Å². The molecule has 1 fully saturated rings. The minimum Gasteiger partial charge on any atom is -0.389 e. The zero-order valence-electron chi connectivity index (χ0n) is 12.6. The number of anilines is 1. The molecule has 2 rings (SSSR count). The largest absolute Gasteiger partial charge is 0.389 e. The number of nitrogens with one attached hydrogen (secondary N) is 1. The maximum absolute atomic E-state index is 6.32. The Morgan fingerprint density at radius 3 is 2.76 bits per heavy atom. The third-order valence-electron chi connectivity index (χ3n) is 4.39. The van der Waals surface area contributed by atoms with Crippen molar-refractivity contribution in [2.75, 3.05) is 11.9 Å². The van der Waals surface area contributed by atoms with Crippen LogP contribution >= 0.6 is 23.8 Å². The lowest BCUT2D eigenvalue weighted by atomic mass is 9.86. The third kappa shape index (κ3) is 3.87. The molecule has 3 nitrogen and oxygen atoms in total. The summed E-state index contributed by atoms with van der Waals surface area (Å²) in [6.45, 7) is 5.17. The molecule has 1 aromatic carbocycles. The second-order valence-corrected chi connectivity index (χ2v) is 6.48. The first-order valence-corrected chi connectivity index (χ1v) is 8.28. The molecule has 0 spiro atoms. The van der Waals surface area contributed by atoms with E-state index >= 15 is 0 Å². The van der Waals surface area contributed by atoms with E-state index in [1.54, 1.807) is 0 Å². The molecule has 0 aromatic heterocycles. The Hall–Kier alpha value is -0.840. The summed E-state index contributed by atoms with van der Waals surface area (Å²) in [7, 11) is 0. The van der Waals surface area contributed by atoms with E-state index in [1.165, 1.54) is 0 Å². The lowest BCUT2D eigenvalue weighted by molar-refractivity contribution is -0.0864. The fraction of sp³-hybridized carbons (Fsp3) is 0.562. The summed E-state index contributed by atoms with van der Waals surface area (Å²) in [5.74, 6) is 0. The van der Waals surface area contributed by atoms with Gasteiger partial charge in [-0.3, -0.25) is 0 Å². The Labute approximate surface area is 137 Å². The molecular formula is C16H23ClN2OS. The van der Waals surface area contributed by atoms with E-state index in [-0.39, 0.29) is 5.60 Å². The van der Waals surface area contributed by atoms with E-state index in [0.29, 0.717) is 16.1 Å². The summed E-state index contributed by atoms with van der Waals surface area (Å²) >= 11 is 11.3. The maximum atomic E-state index is 6.32. The summed E-state index contributed by atoms with van der Waals surface area (Å²) in [6, 6.07) is 6.06. The van der Waals surface area contributed by atoms with E-state index in [1.807, 2.05) is 18.2 Å². The SMILES string of the molecule is CCC1(CC)CC(Nc2ccc(C(N)=S)cc2Cl)CCO1. The highest BCUT2D eigenvalue weighted by Gasteiger charge is 2.34. The van der Waals surface area contributed by atoms with Crippen molar-refractivity contribution in [1.29, 1.82) is 0 Å². The molecule has 0 aliphatic carbocycles. The molecule has 0 bridgehead atoms. The van der Waals surface area contributed by atoms with Crippen LogP contribution in [0.1, 0.15) is 45.1 Å². The average Bonchev–Trinajstić information content (AvgIpc) is 2.49. The van der Waals surface area contributed by atoms with E-state index in [9.17, 15) is 0 Å². The maximum Gasteiger partial charge on any atom is 0.104 e. The first-order valence-electron chi connectivity index (χ1n) is 7.49. The van der Waals surface area contributed by atoms with Crippen molar-refractivity contribution in [2.45, 2.75) is 51.2 Å². The van der Waals surface area contributed by atoms with Crippen LogP contribution < -0.4 is 11.1 Å². The van der Waals surface area contributed by atoms with E-state index < -0.39 is 0 Å². The quantitative estimate of drug-likeness (QED) is 0.799. The number of halogens is 1. The Morgan fingerprint density at radius 2 is 2.19 bits per heavy atom. The van der Waals surface area contributed by atoms with Gasteiger partial charge in [0.1, 0.15) is 4.99 Å². The smallest absolute Gasteiger partial charge is 0.104 e. The molecule has 1 aliphatic heterocycles. The predicted octanol–water partition coefficient (Wildman–Crippen LogP) is 4.12. The van der Waals surface area contributed by atoms with Gasteiger partial charge in [-0.25, -0.2) is 0 Å². The predicted molar refractivity (Wildman–Crippen MR) is 93.2 cm³/mol. The van der Waals surface area contributed by atoms with Crippen LogP contribution in [0, 0.1) is 0 Å². The Kier molecular flexibility index (Phi) is 5.47. The van der Waals surface area contributed by atoms with Crippen molar-refractivity contribution < 1.29 is 4.74 Å². The molecule has 0 amide bonds. The summed E-state index contributed by atoms with van der Waals surface area (Å²) < 4.78 is 6.01. The zero-order chi connectivity index (χ0) is 15.5. The number of hydrogen-bond donors (Lipinski definition) is 2. The topological polar surface area (TPSA) is 47.3 Å².